The molecule has 0 atom stereocenters. The van der Waals surface area contributed by atoms with Gasteiger partial charge in [-0.05, 0) is 11.6 Å². The zero-order chi connectivity index (χ0) is 16.2. The SMILES string of the molecule is C=CCN(CC=C)Cc1ccc(CNCCOC)c(OC)c1. The fraction of sp³-hybridized carbons (Fsp3) is 0.444. The largest absolute Gasteiger partial charge is 0.496 e. The van der Waals surface area contributed by atoms with E-state index in [4.69, 9.17) is 9.47 Å². The first-order valence-electron chi connectivity index (χ1n) is 7.54. The molecule has 0 spiro atoms. The number of ether oxygens (including phenoxy) is 2. The Kier molecular flexibility index (Phi) is 9.23. The van der Waals surface area contributed by atoms with Crippen LogP contribution in [0.1, 0.15) is 11.1 Å². The van der Waals surface area contributed by atoms with Gasteiger partial charge in [0, 0.05) is 45.4 Å². The molecule has 0 bridgehead atoms. The normalized spacial score (nSPS) is 10.7. The highest BCUT2D eigenvalue weighted by molar-refractivity contribution is 5.37. The lowest BCUT2D eigenvalue weighted by molar-refractivity contribution is 0.199. The number of nitrogens with one attached hydrogen (secondary N) is 1. The minimum absolute atomic E-state index is 0.707. The van der Waals surface area contributed by atoms with E-state index in [1.807, 2.05) is 12.2 Å². The van der Waals surface area contributed by atoms with Gasteiger partial charge < -0.3 is 14.8 Å². The van der Waals surface area contributed by atoms with E-state index in [1.165, 1.54) is 5.56 Å². The van der Waals surface area contributed by atoms with Crippen LogP contribution < -0.4 is 10.1 Å². The van der Waals surface area contributed by atoms with Crippen molar-refractivity contribution in [2.75, 3.05) is 40.5 Å². The zero-order valence-corrected chi connectivity index (χ0v) is 13.8. The van der Waals surface area contributed by atoms with Crippen molar-refractivity contribution in [3.05, 3.63) is 54.6 Å². The molecule has 1 rings (SSSR count). The lowest BCUT2D eigenvalue weighted by Gasteiger charge is -2.19. The molecule has 1 aromatic rings. The van der Waals surface area contributed by atoms with E-state index in [1.54, 1.807) is 14.2 Å². The van der Waals surface area contributed by atoms with E-state index < -0.39 is 0 Å². The number of nitrogens with zero attached hydrogens (tertiary/aromatic N) is 1. The summed E-state index contributed by atoms with van der Waals surface area (Å²) in [5.74, 6) is 0.916. The van der Waals surface area contributed by atoms with E-state index in [0.29, 0.717) is 6.61 Å². The van der Waals surface area contributed by atoms with E-state index in [9.17, 15) is 0 Å². The van der Waals surface area contributed by atoms with E-state index in [2.05, 4.69) is 41.6 Å². The standard InChI is InChI=1S/C18H28N2O2/c1-5-10-20(11-6-2)15-16-7-8-17(18(13-16)22-4)14-19-9-12-21-3/h5-8,13,19H,1-2,9-12,14-15H2,3-4H3. The molecule has 0 saturated heterocycles. The molecule has 22 heavy (non-hydrogen) atoms. The average Bonchev–Trinajstić information content (AvgIpc) is 2.53. The number of benzene rings is 1. The van der Waals surface area contributed by atoms with Gasteiger partial charge >= 0.3 is 0 Å². The Morgan fingerprint density at radius 2 is 1.91 bits per heavy atom. The first-order chi connectivity index (χ1) is 10.7. The van der Waals surface area contributed by atoms with Gasteiger partial charge in [-0.1, -0.05) is 24.3 Å². The molecular weight excluding hydrogens is 276 g/mol. The van der Waals surface area contributed by atoms with Gasteiger partial charge in [0.15, 0.2) is 0 Å². The van der Waals surface area contributed by atoms with Crippen molar-refractivity contribution in [1.82, 2.24) is 10.2 Å². The summed E-state index contributed by atoms with van der Waals surface area (Å²) < 4.78 is 10.5. The monoisotopic (exact) mass is 304 g/mol. The van der Waals surface area contributed by atoms with Gasteiger partial charge in [0.2, 0.25) is 0 Å². The second-order valence-corrected chi connectivity index (χ2v) is 5.09. The van der Waals surface area contributed by atoms with Crippen molar-refractivity contribution in [3.8, 4) is 5.75 Å². The first kappa shape index (κ1) is 18.4. The van der Waals surface area contributed by atoms with Crippen molar-refractivity contribution in [2.45, 2.75) is 13.1 Å². The van der Waals surface area contributed by atoms with Crippen LogP contribution in [-0.2, 0) is 17.8 Å². The Labute approximate surface area is 134 Å². The van der Waals surface area contributed by atoms with E-state index >= 15 is 0 Å². The summed E-state index contributed by atoms with van der Waals surface area (Å²) in [6.07, 6.45) is 3.82. The molecule has 4 heteroatoms. The lowest BCUT2D eigenvalue weighted by atomic mass is 10.1. The maximum Gasteiger partial charge on any atom is 0.123 e. The van der Waals surface area contributed by atoms with Crippen LogP contribution in [0.25, 0.3) is 0 Å². The molecule has 0 aliphatic rings. The van der Waals surface area contributed by atoms with Gasteiger partial charge in [-0.25, -0.2) is 0 Å². The van der Waals surface area contributed by atoms with Gasteiger partial charge in [0.05, 0.1) is 13.7 Å². The van der Waals surface area contributed by atoms with Crippen LogP contribution in [0.4, 0.5) is 0 Å². The van der Waals surface area contributed by atoms with Crippen molar-refractivity contribution < 1.29 is 9.47 Å². The predicted octanol–water partition coefficient (Wildman–Crippen LogP) is 2.61. The second-order valence-electron chi connectivity index (χ2n) is 5.09. The molecule has 0 unspecified atom stereocenters. The zero-order valence-electron chi connectivity index (χ0n) is 13.8. The van der Waals surface area contributed by atoms with E-state index in [0.717, 1.165) is 44.0 Å². The average molecular weight is 304 g/mol. The van der Waals surface area contributed by atoms with Crippen LogP contribution in [0.2, 0.25) is 0 Å². The maximum absolute atomic E-state index is 5.51. The lowest BCUT2D eigenvalue weighted by Crippen LogP contribution is -2.23. The van der Waals surface area contributed by atoms with Crippen LogP contribution in [0.3, 0.4) is 0 Å². The van der Waals surface area contributed by atoms with Gasteiger partial charge in [-0.3, -0.25) is 4.90 Å². The summed E-state index contributed by atoms with van der Waals surface area (Å²) in [6.45, 7) is 12.4. The first-order valence-corrected chi connectivity index (χ1v) is 7.54. The summed E-state index contributed by atoms with van der Waals surface area (Å²) in [5.41, 5.74) is 2.38. The summed E-state index contributed by atoms with van der Waals surface area (Å²) >= 11 is 0. The fourth-order valence-corrected chi connectivity index (χ4v) is 2.26. The summed E-state index contributed by atoms with van der Waals surface area (Å²) in [7, 11) is 3.42. The minimum Gasteiger partial charge on any atom is -0.496 e. The Hall–Kier alpha value is -1.62. The Balaban J connectivity index is 2.69. The Morgan fingerprint density at radius 3 is 2.50 bits per heavy atom. The summed E-state index contributed by atoms with van der Waals surface area (Å²) in [4.78, 5) is 2.27. The van der Waals surface area contributed by atoms with Crippen LogP contribution in [0.15, 0.2) is 43.5 Å². The van der Waals surface area contributed by atoms with Crippen molar-refractivity contribution in [2.24, 2.45) is 0 Å². The maximum atomic E-state index is 5.51. The quantitative estimate of drug-likeness (QED) is 0.475. The summed E-state index contributed by atoms with van der Waals surface area (Å²) in [6, 6.07) is 6.37. The highest BCUT2D eigenvalue weighted by atomic mass is 16.5. The highest BCUT2D eigenvalue weighted by Gasteiger charge is 2.07. The van der Waals surface area contributed by atoms with Gasteiger partial charge in [0.25, 0.3) is 0 Å². The van der Waals surface area contributed by atoms with Crippen LogP contribution in [-0.4, -0.2) is 45.4 Å². The number of hydrogen-bond acceptors (Lipinski definition) is 4. The van der Waals surface area contributed by atoms with Crippen LogP contribution >= 0.6 is 0 Å². The molecule has 0 radical (unpaired) electrons. The summed E-state index contributed by atoms with van der Waals surface area (Å²) in [5, 5.41) is 3.34. The highest BCUT2D eigenvalue weighted by Crippen LogP contribution is 2.21. The van der Waals surface area contributed by atoms with Crippen LogP contribution in [0.5, 0.6) is 5.75 Å². The van der Waals surface area contributed by atoms with Crippen molar-refractivity contribution in [1.29, 1.82) is 0 Å². The molecule has 0 fully saturated rings. The molecule has 1 aromatic carbocycles. The molecule has 0 aliphatic carbocycles. The predicted molar refractivity (Wildman–Crippen MR) is 92.2 cm³/mol. The van der Waals surface area contributed by atoms with E-state index in [-0.39, 0.29) is 0 Å². The number of rotatable bonds is 12. The molecule has 0 aliphatic heterocycles. The molecule has 0 saturated carbocycles. The molecule has 4 nitrogen and oxygen atoms in total. The van der Waals surface area contributed by atoms with Crippen LogP contribution in [0, 0.1) is 0 Å². The Morgan fingerprint density at radius 1 is 1.18 bits per heavy atom. The second kappa shape index (κ2) is 11.0. The third-order valence-electron chi connectivity index (χ3n) is 3.33. The molecule has 0 amide bonds. The van der Waals surface area contributed by atoms with Crippen molar-refractivity contribution >= 4 is 0 Å². The minimum atomic E-state index is 0.707. The number of hydrogen-bond donors (Lipinski definition) is 1. The third-order valence-corrected chi connectivity index (χ3v) is 3.33. The van der Waals surface area contributed by atoms with Gasteiger partial charge in [-0.2, -0.15) is 0 Å². The smallest absolute Gasteiger partial charge is 0.123 e. The molecular formula is C18H28N2O2. The third kappa shape index (κ3) is 6.43. The molecule has 1 N–H and O–H groups in total. The molecule has 0 heterocycles. The fourth-order valence-electron chi connectivity index (χ4n) is 2.26. The Bertz CT molecular complexity index is 450. The molecule has 122 valence electrons. The van der Waals surface area contributed by atoms with Gasteiger partial charge in [0.1, 0.15) is 5.75 Å². The van der Waals surface area contributed by atoms with Gasteiger partial charge in [-0.15, -0.1) is 13.2 Å². The topological polar surface area (TPSA) is 33.7 Å². The molecule has 0 aromatic heterocycles. The van der Waals surface area contributed by atoms with Crippen molar-refractivity contribution in [3.63, 3.8) is 0 Å². The number of methoxy groups -OCH3 is 2.